The molecule has 0 radical (unpaired) electrons. The van der Waals surface area contributed by atoms with Crippen LogP contribution in [0, 0.1) is 5.92 Å². The fourth-order valence-electron chi connectivity index (χ4n) is 2.21. The van der Waals surface area contributed by atoms with Crippen LogP contribution in [0.5, 0.6) is 11.5 Å². The number of ether oxygens (including phenoxy) is 3. The van der Waals surface area contributed by atoms with Crippen molar-refractivity contribution in [2.24, 2.45) is 5.92 Å². The average molecular weight is 279 g/mol. The fourth-order valence-corrected chi connectivity index (χ4v) is 2.21. The van der Waals surface area contributed by atoms with E-state index in [-0.39, 0.29) is 17.9 Å². The van der Waals surface area contributed by atoms with Crippen LogP contribution in [0.3, 0.4) is 0 Å². The minimum Gasteiger partial charge on any atom is -0.486 e. The van der Waals surface area contributed by atoms with Gasteiger partial charge in [0.25, 0.3) is 0 Å². The molecule has 1 aromatic rings. The Hall–Kier alpha value is -1.75. The lowest BCUT2D eigenvalue weighted by atomic mass is 10.0. The summed E-state index contributed by atoms with van der Waals surface area (Å²) in [5, 5.41) is 3.23. The van der Waals surface area contributed by atoms with Crippen LogP contribution in [0.15, 0.2) is 18.2 Å². The molecular formula is C15H21NO4. The Kier molecular flexibility index (Phi) is 4.84. The lowest BCUT2D eigenvalue weighted by molar-refractivity contribution is -0.144. The molecule has 1 heterocycles. The minimum absolute atomic E-state index is 0.152. The average Bonchev–Trinajstić information content (AvgIpc) is 2.47. The number of para-hydroxylation sites is 1. The van der Waals surface area contributed by atoms with E-state index in [1.54, 1.807) is 0 Å². The molecule has 5 heteroatoms. The third kappa shape index (κ3) is 3.22. The van der Waals surface area contributed by atoms with E-state index in [1.807, 2.05) is 32.0 Å². The molecule has 0 fully saturated rings. The molecule has 0 aliphatic carbocycles. The Bertz CT molecular complexity index is 473. The molecule has 1 atom stereocenters. The summed E-state index contributed by atoms with van der Waals surface area (Å²) in [6, 6.07) is 5.45. The van der Waals surface area contributed by atoms with Crippen LogP contribution in [0.2, 0.25) is 0 Å². The smallest absolute Gasteiger partial charge is 0.323 e. The van der Waals surface area contributed by atoms with Gasteiger partial charge in [0.05, 0.1) is 7.11 Å². The highest BCUT2D eigenvalue weighted by Crippen LogP contribution is 2.33. The summed E-state index contributed by atoms with van der Waals surface area (Å²) < 4.78 is 16.0. The van der Waals surface area contributed by atoms with Gasteiger partial charge in [-0.15, -0.1) is 0 Å². The SMILES string of the molecule is COC(=O)C(NCc1cccc2c1OCCO2)C(C)C. The molecule has 1 aromatic carbocycles. The van der Waals surface area contributed by atoms with Crippen molar-refractivity contribution in [1.82, 2.24) is 5.32 Å². The summed E-state index contributed by atoms with van der Waals surface area (Å²) in [4.78, 5) is 11.7. The van der Waals surface area contributed by atoms with Crippen LogP contribution in [-0.2, 0) is 16.1 Å². The van der Waals surface area contributed by atoms with Crippen LogP contribution in [0.1, 0.15) is 19.4 Å². The highest BCUT2D eigenvalue weighted by atomic mass is 16.6. The summed E-state index contributed by atoms with van der Waals surface area (Å²) in [6.07, 6.45) is 0. The van der Waals surface area contributed by atoms with E-state index in [1.165, 1.54) is 7.11 Å². The van der Waals surface area contributed by atoms with Crippen molar-refractivity contribution in [2.45, 2.75) is 26.4 Å². The van der Waals surface area contributed by atoms with Crippen molar-refractivity contribution in [2.75, 3.05) is 20.3 Å². The maximum Gasteiger partial charge on any atom is 0.323 e. The van der Waals surface area contributed by atoms with E-state index in [9.17, 15) is 4.79 Å². The van der Waals surface area contributed by atoms with Gasteiger partial charge in [0.2, 0.25) is 0 Å². The van der Waals surface area contributed by atoms with Gasteiger partial charge >= 0.3 is 5.97 Å². The van der Waals surface area contributed by atoms with Gasteiger partial charge in [-0.05, 0) is 12.0 Å². The molecule has 1 aliphatic rings. The fraction of sp³-hybridized carbons (Fsp3) is 0.533. The van der Waals surface area contributed by atoms with Crippen LogP contribution in [0.25, 0.3) is 0 Å². The number of hydrogen-bond acceptors (Lipinski definition) is 5. The predicted octanol–water partition coefficient (Wildman–Crippen LogP) is 1.74. The lowest BCUT2D eigenvalue weighted by Crippen LogP contribution is -2.41. The van der Waals surface area contributed by atoms with Crippen LogP contribution < -0.4 is 14.8 Å². The molecule has 20 heavy (non-hydrogen) atoms. The molecular weight excluding hydrogens is 258 g/mol. The number of nitrogens with one attached hydrogen (secondary N) is 1. The van der Waals surface area contributed by atoms with Gasteiger partial charge in [-0.1, -0.05) is 26.0 Å². The first-order valence-corrected chi connectivity index (χ1v) is 6.82. The molecule has 0 saturated carbocycles. The Labute approximate surface area is 119 Å². The van der Waals surface area contributed by atoms with E-state index < -0.39 is 0 Å². The molecule has 1 unspecified atom stereocenters. The Balaban J connectivity index is 2.08. The number of benzene rings is 1. The predicted molar refractivity (Wildman–Crippen MR) is 74.9 cm³/mol. The van der Waals surface area contributed by atoms with Crippen molar-refractivity contribution in [1.29, 1.82) is 0 Å². The summed E-state index contributed by atoms with van der Waals surface area (Å²) in [7, 11) is 1.40. The molecule has 0 amide bonds. The highest BCUT2D eigenvalue weighted by molar-refractivity contribution is 5.75. The Morgan fingerprint density at radius 3 is 2.80 bits per heavy atom. The van der Waals surface area contributed by atoms with Crippen molar-refractivity contribution in [3.63, 3.8) is 0 Å². The molecule has 0 aromatic heterocycles. The minimum atomic E-state index is -0.333. The normalized spacial score (nSPS) is 15.0. The number of rotatable bonds is 5. The van der Waals surface area contributed by atoms with Gasteiger partial charge in [0.15, 0.2) is 11.5 Å². The first-order valence-electron chi connectivity index (χ1n) is 6.82. The summed E-state index contributed by atoms with van der Waals surface area (Å²) in [5.74, 6) is 1.43. The van der Waals surface area contributed by atoms with E-state index in [0.29, 0.717) is 19.8 Å². The Morgan fingerprint density at radius 1 is 1.35 bits per heavy atom. The maximum absolute atomic E-state index is 11.7. The standard InChI is InChI=1S/C15H21NO4/c1-10(2)13(15(17)18-3)16-9-11-5-4-6-12-14(11)20-8-7-19-12/h4-6,10,13,16H,7-9H2,1-3H3. The van der Waals surface area contributed by atoms with E-state index >= 15 is 0 Å². The molecule has 110 valence electrons. The van der Waals surface area contributed by atoms with Gasteiger partial charge in [0.1, 0.15) is 19.3 Å². The van der Waals surface area contributed by atoms with Crippen LogP contribution >= 0.6 is 0 Å². The van der Waals surface area contributed by atoms with Crippen molar-refractivity contribution in [3.8, 4) is 11.5 Å². The third-order valence-corrected chi connectivity index (χ3v) is 3.28. The van der Waals surface area contributed by atoms with Gasteiger partial charge in [-0.2, -0.15) is 0 Å². The first kappa shape index (κ1) is 14.7. The molecule has 1 aliphatic heterocycles. The number of fused-ring (bicyclic) bond motifs is 1. The number of esters is 1. The second-order valence-electron chi connectivity index (χ2n) is 5.07. The van der Waals surface area contributed by atoms with Crippen molar-refractivity contribution >= 4 is 5.97 Å². The van der Waals surface area contributed by atoms with Crippen LogP contribution in [-0.4, -0.2) is 32.3 Å². The largest absolute Gasteiger partial charge is 0.486 e. The van der Waals surface area contributed by atoms with E-state index in [4.69, 9.17) is 14.2 Å². The van der Waals surface area contributed by atoms with E-state index in [0.717, 1.165) is 17.1 Å². The first-order chi connectivity index (χ1) is 9.63. The van der Waals surface area contributed by atoms with Gasteiger partial charge in [-0.25, -0.2) is 0 Å². The zero-order valence-electron chi connectivity index (χ0n) is 12.1. The number of carbonyl (C=O) groups excluding carboxylic acids is 1. The lowest BCUT2D eigenvalue weighted by Gasteiger charge is -2.23. The number of hydrogen-bond donors (Lipinski definition) is 1. The van der Waals surface area contributed by atoms with Crippen LogP contribution in [0.4, 0.5) is 0 Å². The molecule has 2 rings (SSSR count). The van der Waals surface area contributed by atoms with Gasteiger partial charge in [-0.3, -0.25) is 10.1 Å². The summed E-state index contributed by atoms with van der Waals surface area (Å²) >= 11 is 0. The second kappa shape index (κ2) is 6.61. The Morgan fingerprint density at radius 2 is 2.10 bits per heavy atom. The summed E-state index contributed by atoms with van der Waals surface area (Å²) in [5.41, 5.74) is 0.983. The molecule has 1 N–H and O–H groups in total. The third-order valence-electron chi connectivity index (χ3n) is 3.28. The number of methoxy groups -OCH3 is 1. The van der Waals surface area contributed by atoms with E-state index in [2.05, 4.69) is 5.32 Å². The topological polar surface area (TPSA) is 56.8 Å². The second-order valence-corrected chi connectivity index (χ2v) is 5.07. The molecule has 0 spiro atoms. The zero-order chi connectivity index (χ0) is 14.5. The van der Waals surface area contributed by atoms with Gasteiger partial charge in [0, 0.05) is 12.1 Å². The molecule has 0 saturated heterocycles. The number of carbonyl (C=O) groups is 1. The van der Waals surface area contributed by atoms with Crippen molar-refractivity contribution < 1.29 is 19.0 Å². The monoisotopic (exact) mass is 279 g/mol. The molecule has 5 nitrogen and oxygen atoms in total. The maximum atomic E-state index is 11.7. The quantitative estimate of drug-likeness (QED) is 0.832. The van der Waals surface area contributed by atoms with Crippen molar-refractivity contribution in [3.05, 3.63) is 23.8 Å². The van der Waals surface area contributed by atoms with Gasteiger partial charge < -0.3 is 14.2 Å². The molecule has 0 bridgehead atoms. The highest BCUT2D eigenvalue weighted by Gasteiger charge is 2.23. The zero-order valence-corrected chi connectivity index (χ0v) is 12.1. The summed E-state index contributed by atoms with van der Waals surface area (Å²) in [6.45, 7) is 5.61.